The van der Waals surface area contributed by atoms with Crippen LogP contribution in [0.2, 0.25) is 0 Å². The van der Waals surface area contributed by atoms with Gasteiger partial charge in [-0.25, -0.2) is 0 Å². The van der Waals surface area contributed by atoms with E-state index in [1.54, 1.807) is 0 Å². The first-order valence-corrected chi connectivity index (χ1v) is 35.2. The maximum absolute atomic E-state index is 6.88. The second kappa shape index (κ2) is 27.3. The second-order valence-electron chi connectivity index (χ2n) is 21.9. The highest BCUT2D eigenvalue weighted by Gasteiger charge is 2.30. The number of hydrogen-bond acceptors (Lipinski definition) is 4. The molecule has 12 aromatic carbocycles. The molecule has 432 valence electrons. The third-order valence-corrected chi connectivity index (χ3v) is 26.0. The molecule has 13 rings (SSSR count). The van der Waals surface area contributed by atoms with Gasteiger partial charge in [0, 0.05) is 25.7 Å². The highest BCUT2D eigenvalue weighted by molar-refractivity contribution is 7.81. The molecule has 0 saturated heterocycles. The van der Waals surface area contributed by atoms with Crippen LogP contribution >= 0.6 is 31.7 Å². The maximum atomic E-state index is 6.88. The van der Waals surface area contributed by atoms with Crippen LogP contribution in [0.15, 0.2) is 291 Å². The molecule has 0 spiro atoms. The van der Waals surface area contributed by atoms with E-state index in [4.69, 9.17) is 18.9 Å². The van der Waals surface area contributed by atoms with Crippen molar-refractivity contribution in [3.8, 4) is 23.0 Å². The highest BCUT2D eigenvalue weighted by atomic mass is 31.1. The van der Waals surface area contributed by atoms with Gasteiger partial charge in [-0.1, -0.05) is 243 Å². The van der Waals surface area contributed by atoms with E-state index < -0.39 is 31.7 Å². The fraction of sp³-hybridized carbons (Fsp3) is 0.100. The first kappa shape index (κ1) is 58.6. The number of rotatable bonds is 16. The Hall–Kier alpha value is -8.44. The molecule has 0 atom stereocenters. The predicted molar refractivity (Wildman–Crippen MR) is 378 cm³/mol. The van der Waals surface area contributed by atoms with E-state index >= 15 is 0 Å². The molecule has 0 radical (unpaired) electrons. The van der Waals surface area contributed by atoms with Gasteiger partial charge >= 0.3 is 0 Å². The molecule has 1 aliphatic carbocycles. The normalized spacial score (nSPS) is 12.1. The molecule has 0 aromatic heterocycles. The van der Waals surface area contributed by atoms with Gasteiger partial charge in [-0.3, -0.25) is 0 Å². The van der Waals surface area contributed by atoms with Crippen molar-refractivity contribution in [1.29, 1.82) is 0 Å². The largest absolute Gasteiger partial charge is 0.496 e. The van der Waals surface area contributed by atoms with Crippen LogP contribution in [0.5, 0.6) is 23.0 Å². The zero-order chi connectivity index (χ0) is 59.8. The molecule has 0 N–H and O–H groups in total. The van der Waals surface area contributed by atoms with Gasteiger partial charge in [0.1, 0.15) is 23.0 Å². The van der Waals surface area contributed by atoms with Crippen molar-refractivity contribution in [3.63, 3.8) is 0 Å². The number of benzene rings is 12. The number of methoxy groups -OCH3 is 4. The third kappa shape index (κ3) is 12.4. The standard InChI is InChI=1S/C80H68O4P4/c1-81-77-57-45-59-51-74(86(67-33-17-7-18-34-67)68-35-19-8-20-36-68)53-61(78(59)82-2)47-63-55-76(88(71-41-25-11-26-42-71)72-43-27-12-28-44-72)56-64(80(63)84-4)48-62-54-75(87(69-37-21-9-22-38-69)70-39-23-10-24-40-70)52-60(79(62)83-3)46-58(77)50-73(49-57)85(65-29-13-5-14-30-65)66-31-15-6-16-32-66/h5-44,49-56H,45-48H2,1-4H3. The molecule has 0 saturated carbocycles. The fourth-order valence-corrected chi connectivity index (χ4v) is 22.4. The molecule has 1 aliphatic rings. The summed E-state index contributed by atoms with van der Waals surface area (Å²) >= 11 is 0. The zero-order valence-electron chi connectivity index (χ0n) is 50.0. The van der Waals surface area contributed by atoms with Crippen molar-refractivity contribution in [1.82, 2.24) is 0 Å². The zero-order valence-corrected chi connectivity index (χ0v) is 53.5. The summed E-state index contributed by atoms with van der Waals surface area (Å²) in [6.07, 6.45) is 2.16. The van der Waals surface area contributed by atoms with Crippen LogP contribution in [0.3, 0.4) is 0 Å². The van der Waals surface area contributed by atoms with Gasteiger partial charge in [0.25, 0.3) is 0 Å². The van der Waals surface area contributed by atoms with Crippen molar-refractivity contribution in [2.75, 3.05) is 28.4 Å². The minimum atomic E-state index is -1.04. The first-order valence-electron chi connectivity index (χ1n) is 29.9. The molecule has 0 aliphatic heterocycles. The Labute approximate surface area is 523 Å². The lowest BCUT2D eigenvalue weighted by atomic mass is 9.91. The topological polar surface area (TPSA) is 36.9 Å². The summed E-state index contributed by atoms with van der Waals surface area (Å²) in [4.78, 5) is 0. The lowest BCUT2D eigenvalue weighted by molar-refractivity contribution is 0.396. The Kier molecular flexibility index (Phi) is 18.2. The Morgan fingerprint density at radius 1 is 0.182 bits per heavy atom. The molecule has 0 fully saturated rings. The molecule has 0 heterocycles. The Balaban J connectivity index is 1.14. The van der Waals surface area contributed by atoms with Crippen molar-refractivity contribution >= 4 is 95.3 Å². The van der Waals surface area contributed by atoms with E-state index in [-0.39, 0.29) is 0 Å². The number of ether oxygens (including phenoxy) is 4. The average Bonchev–Trinajstić information content (AvgIpc) is 2.00. The summed E-state index contributed by atoms with van der Waals surface area (Å²) in [5, 5.41) is 15.2. The van der Waals surface area contributed by atoms with Gasteiger partial charge in [-0.15, -0.1) is 0 Å². The monoisotopic (exact) mass is 1220 g/mol. The van der Waals surface area contributed by atoms with E-state index in [1.807, 2.05) is 28.4 Å². The summed E-state index contributed by atoms with van der Waals surface area (Å²) in [5.41, 5.74) is 8.75. The predicted octanol–water partition coefficient (Wildman–Crippen LogP) is 13.4. The lowest BCUT2D eigenvalue weighted by Gasteiger charge is -2.27. The van der Waals surface area contributed by atoms with Gasteiger partial charge in [-0.2, -0.15) is 0 Å². The fourth-order valence-electron chi connectivity index (χ4n) is 12.8. The van der Waals surface area contributed by atoms with Gasteiger partial charge in [-0.05, 0) is 188 Å². The Morgan fingerprint density at radius 2 is 0.307 bits per heavy atom. The van der Waals surface area contributed by atoms with Gasteiger partial charge < -0.3 is 18.9 Å². The molecular formula is C80H68O4P4. The summed E-state index contributed by atoms with van der Waals surface area (Å²) in [6, 6.07) is 108. The SMILES string of the molecule is COc1c2cc(P(c3ccccc3)c3ccccc3)cc1Cc1cc(P(c3ccccc3)c3ccccc3)cc(c1OC)Cc1cc(P(c3ccccc3)c3ccccc3)cc(c1OC)Cc1cc(P(c3ccccc3)c3ccccc3)cc(c1OC)C2. The van der Waals surface area contributed by atoms with E-state index in [0.717, 1.165) is 67.5 Å². The summed E-state index contributed by atoms with van der Waals surface area (Å²) in [5.74, 6) is 3.46. The van der Waals surface area contributed by atoms with Crippen LogP contribution in [-0.2, 0) is 25.7 Å². The molecular weight excluding hydrogens is 1150 g/mol. The first-order chi connectivity index (χ1) is 43.5. The summed E-state index contributed by atoms with van der Waals surface area (Å²) in [7, 11) is 3.25. The minimum absolute atomic E-state index is 0.541. The molecule has 88 heavy (non-hydrogen) atoms. The quantitative estimate of drug-likeness (QED) is 0.0904. The van der Waals surface area contributed by atoms with E-state index in [1.165, 1.54) is 63.7 Å². The molecule has 8 heteroatoms. The van der Waals surface area contributed by atoms with E-state index in [9.17, 15) is 0 Å². The summed E-state index contributed by atoms with van der Waals surface area (Å²) in [6.45, 7) is 0. The highest BCUT2D eigenvalue weighted by Crippen LogP contribution is 2.45. The molecule has 4 nitrogen and oxygen atoms in total. The molecule has 12 aromatic rings. The third-order valence-electron chi connectivity index (χ3n) is 16.4. The minimum Gasteiger partial charge on any atom is -0.496 e. The number of fused-ring (bicyclic) bond motifs is 8. The van der Waals surface area contributed by atoms with Crippen LogP contribution in [0.25, 0.3) is 0 Å². The van der Waals surface area contributed by atoms with Crippen LogP contribution in [0.1, 0.15) is 44.5 Å². The van der Waals surface area contributed by atoms with Crippen molar-refractivity contribution < 1.29 is 18.9 Å². The summed E-state index contributed by atoms with van der Waals surface area (Å²) < 4.78 is 27.5. The Morgan fingerprint density at radius 3 is 0.420 bits per heavy atom. The van der Waals surface area contributed by atoms with Crippen LogP contribution in [-0.4, -0.2) is 28.4 Å². The van der Waals surface area contributed by atoms with Gasteiger partial charge in [0.15, 0.2) is 0 Å². The van der Waals surface area contributed by atoms with E-state index in [2.05, 4.69) is 291 Å². The maximum Gasteiger partial charge on any atom is 0.125 e. The Bertz CT molecular complexity index is 3500. The second-order valence-corrected chi connectivity index (χ2v) is 30.8. The average molecular weight is 1220 g/mol. The van der Waals surface area contributed by atoms with Crippen molar-refractivity contribution in [2.24, 2.45) is 0 Å². The number of hydrogen-bond donors (Lipinski definition) is 0. The van der Waals surface area contributed by atoms with Gasteiger partial charge in [0.05, 0.1) is 28.4 Å². The lowest BCUT2D eigenvalue weighted by Crippen LogP contribution is -2.24. The smallest absolute Gasteiger partial charge is 0.125 e. The van der Waals surface area contributed by atoms with Crippen LogP contribution in [0, 0.1) is 0 Å². The molecule has 0 amide bonds. The molecule has 0 unspecified atom stereocenters. The van der Waals surface area contributed by atoms with Crippen molar-refractivity contribution in [3.05, 3.63) is 336 Å². The van der Waals surface area contributed by atoms with Crippen molar-refractivity contribution in [2.45, 2.75) is 25.7 Å². The van der Waals surface area contributed by atoms with Gasteiger partial charge in [0.2, 0.25) is 0 Å². The van der Waals surface area contributed by atoms with Crippen LogP contribution < -0.4 is 82.6 Å². The van der Waals surface area contributed by atoms with Crippen LogP contribution in [0.4, 0.5) is 0 Å². The molecule has 8 bridgehead atoms. The van der Waals surface area contributed by atoms with E-state index in [0.29, 0.717) is 25.7 Å².